The molecule has 0 aliphatic heterocycles. The number of hydrogen-bond acceptors (Lipinski definition) is 5. The Hall–Kier alpha value is -2.79. The molecule has 0 bridgehead atoms. The Morgan fingerprint density at radius 3 is 1.95 bits per heavy atom. The molecule has 0 spiro atoms. The van der Waals surface area contributed by atoms with Crippen molar-refractivity contribution in [1.29, 1.82) is 0 Å². The summed E-state index contributed by atoms with van der Waals surface area (Å²) in [4.78, 5) is 0. The van der Waals surface area contributed by atoms with Crippen LogP contribution in [0, 0.1) is 0 Å². The molecule has 0 radical (unpaired) electrons. The van der Waals surface area contributed by atoms with Gasteiger partial charge in [-0.05, 0) is 24.3 Å². The van der Waals surface area contributed by atoms with E-state index in [9.17, 15) is 15.3 Å². The Morgan fingerprint density at radius 2 is 1.32 bits per heavy atom. The van der Waals surface area contributed by atoms with E-state index in [4.69, 9.17) is 11.6 Å². The predicted molar refractivity (Wildman–Crippen MR) is 84.6 cm³/mol. The lowest BCUT2D eigenvalue weighted by Gasteiger charge is -2.08. The van der Waals surface area contributed by atoms with E-state index in [2.05, 4.69) is 10.2 Å². The van der Waals surface area contributed by atoms with Gasteiger partial charge in [-0.3, -0.25) is 0 Å². The molecule has 3 rings (SSSR count). The van der Waals surface area contributed by atoms with E-state index >= 15 is 0 Å². The number of phenols is 3. The number of nitrogens with zero attached hydrogens (tertiary/aromatic N) is 2. The normalized spacial score (nSPS) is 11.3. The smallest absolute Gasteiger partial charge is 0.152 e. The first kappa shape index (κ1) is 14.2. The van der Waals surface area contributed by atoms with E-state index in [1.54, 1.807) is 36.4 Å². The highest BCUT2D eigenvalue weighted by molar-refractivity contribution is 6.36. The number of aromatic hydroxyl groups is 3. The molecule has 0 saturated heterocycles. The highest BCUT2D eigenvalue weighted by atomic mass is 35.5. The highest BCUT2D eigenvalue weighted by Gasteiger charge is 2.17. The minimum Gasteiger partial charge on any atom is -0.508 e. The lowest BCUT2D eigenvalue weighted by molar-refractivity contribution is 0.470. The fourth-order valence-electron chi connectivity index (χ4n) is 2.08. The van der Waals surface area contributed by atoms with Gasteiger partial charge in [0, 0.05) is 10.8 Å². The van der Waals surface area contributed by atoms with Crippen molar-refractivity contribution in [2.24, 2.45) is 10.2 Å². The van der Waals surface area contributed by atoms with Gasteiger partial charge in [0.1, 0.15) is 16.5 Å². The first-order chi connectivity index (χ1) is 10.6. The Balaban J connectivity index is 2.12. The molecule has 3 N–H and O–H groups in total. The van der Waals surface area contributed by atoms with Crippen molar-refractivity contribution in [3.8, 4) is 17.2 Å². The number of halogens is 1. The van der Waals surface area contributed by atoms with Crippen molar-refractivity contribution in [3.05, 3.63) is 53.6 Å². The molecule has 22 heavy (non-hydrogen) atoms. The maximum Gasteiger partial charge on any atom is 0.152 e. The van der Waals surface area contributed by atoms with Crippen LogP contribution in [0.15, 0.2) is 58.8 Å². The molecule has 0 unspecified atom stereocenters. The van der Waals surface area contributed by atoms with Gasteiger partial charge in [0.25, 0.3) is 0 Å². The third kappa shape index (κ3) is 2.42. The Labute approximate surface area is 130 Å². The predicted octanol–water partition coefficient (Wildman–Crippen LogP) is 5.03. The Kier molecular flexibility index (Phi) is 3.56. The van der Waals surface area contributed by atoms with Gasteiger partial charge in [0.15, 0.2) is 11.4 Å². The quantitative estimate of drug-likeness (QED) is 0.458. The molecule has 0 aromatic heterocycles. The van der Waals surface area contributed by atoms with E-state index in [-0.39, 0.29) is 28.0 Å². The van der Waals surface area contributed by atoms with Crippen molar-refractivity contribution in [2.75, 3.05) is 0 Å². The van der Waals surface area contributed by atoms with Crippen LogP contribution in [-0.4, -0.2) is 15.3 Å². The largest absolute Gasteiger partial charge is 0.508 e. The van der Waals surface area contributed by atoms with Crippen LogP contribution in [0.2, 0.25) is 5.02 Å². The maximum absolute atomic E-state index is 10.3. The Bertz CT molecular complexity index is 877. The topological polar surface area (TPSA) is 85.4 Å². The SMILES string of the molecule is Oc1ccc(N=Nc2c(Cl)c(O)c3ccccc3c2O)cc1. The molecular weight excluding hydrogens is 304 g/mol. The van der Waals surface area contributed by atoms with E-state index in [0.29, 0.717) is 16.5 Å². The molecule has 0 fully saturated rings. The minimum absolute atomic E-state index is 0.00839. The monoisotopic (exact) mass is 314 g/mol. The van der Waals surface area contributed by atoms with E-state index in [1.165, 1.54) is 12.1 Å². The number of phenolic OH excluding ortho intramolecular Hbond substituents is 3. The van der Waals surface area contributed by atoms with Crippen molar-refractivity contribution in [2.45, 2.75) is 0 Å². The van der Waals surface area contributed by atoms with Crippen LogP contribution in [0.5, 0.6) is 17.2 Å². The number of rotatable bonds is 2. The van der Waals surface area contributed by atoms with Crippen LogP contribution in [0.4, 0.5) is 11.4 Å². The van der Waals surface area contributed by atoms with Crippen LogP contribution < -0.4 is 0 Å². The molecule has 0 heterocycles. The third-order valence-corrected chi connectivity index (χ3v) is 3.55. The molecular formula is C16H11ClN2O3. The molecule has 0 atom stereocenters. The second-order valence-corrected chi connectivity index (χ2v) is 5.00. The summed E-state index contributed by atoms with van der Waals surface area (Å²) in [5, 5.41) is 38.3. The van der Waals surface area contributed by atoms with E-state index in [1.807, 2.05) is 0 Å². The minimum atomic E-state index is -0.158. The molecule has 0 aliphatic rings. The molecule has 0 aliphatic carbocycles. The molecule has 3 aromatic carbocycles. The van der Waals surface area contributed by atoms with Crippen LogP contribution in [0.3, 0.4) is 0 Å². The first-order valence-corrected chi connectivity index (χ1v) is 6.78. The summed E-state index contributed by atoms with van der Waals surface area (Å²) in [5.41, 5.74) is 0.465. The molecule has 110 valence electrons. The summed E-state index contributed by atoms with van der Waals surface area (Å²) in [7, 11) is 0. The van der Waals surface area contributed by atoms with E-state index < -0.39 is 0 Å². The van der Waals surface area contributed by atoms with Crippen molar-refractivity contribution in [1.82, 2.24) is 0 Å². The summed E-state index contributed by atoms with van der Waals surface area (Å²) in [6, 6.07) is 12.8. The maximum atomic E-state index is 10.3. The Morgan fingerprint density at radius 1 is 0.727 bits per heavy atom. The van der Waals surface area contributed by atoms with Crippen LogP contribution in [0.1, 0.15) is 0 Å². The summed E-state index contributed by atoms with van der Waals surface area (Å²) in [5.74, 6) is -0.196. The number of azo groups is 1. The van der Waals surface area contributed by atoms with Gasteiger partial charge in [0.05, 0.1) is 5.69 Å². The standard InChI is InChI=1S/C16H11ClN2O3/c17-13-14(19-18-9-5-7-10(20)8-6-9)16(22)12-4-2-1-3-11(12)15(13)21/h1-8,20-22H. The summed E-state index contributed by atoms with van der Waals surface area (Å²) in [6.45, 7) is 0. The number of hydrogen-bond donors (Lipinski definition) is 3. The second-order valence-electron chi connectivity index (χ2n) is 4.62. The van der Waals surface area contributed by atoms with Crippen LogP contribution in [0.25, 0.3) is 10.8 Å². The first-order valence-electron chi connectivity index (χ1n) is 6.41. The van der Waals surface area contributed by atoms with Gasteiger partial charge >= 0.3 is 0 Å². The molecule has 5 nitrogen and oxygen atoms in total. The average molecular weight is 315 g/mol. The lowest BCUT2D eigenvalue weighted by atomic mass is 10.1. The molecule has 0 amide bonds. The summed E-state index contributed by atoms with van der Waals surface area (Å²) < 4.78 is 0. The molecule has 6 heteroatoms. The lowest BCUT2D eigenvalue weighted by Crippen LogP contribution is -1.79. The zero-order valence-electron chi connectivity index (χ0n) is 11.2. The summed E-state index contributed by atoms with van der Waals surface area (Å²) in [6.07, 6.45) is 0. The van der Waals surface area contributed by atoms with Gasteiger partial charge < -0.3 is 15.3 Å². The average Bonchev–Trinajstić information content (AvgIpc) is 2.54. The van der Waals surface area contributed by atoms with Gasteiger partial charge in [-0.25, -0.2) is 0 Å². The van der Waals surface area contributed by atoms with Gasteiger partial charge in [-0.2, -0.15) is 5.11 Å². The third-order valence-electron chi connectivity index (χ3n) is 3.19. The van der Waals surface area contributed by atoms with E-state index in [0.717, 1.165) is 0 Å². The fourth-order valence-corrected chi connectivity index (χ4v) is 2.31. The number of fused-ring (bicyclic) bond motifs is 1. The summed E-state index contributed by atoms with van der Waals surface area (Å²) >= 11 is 6.07. The second kappa shape index (κ2) is 5.54. The highest BCUT2D eigenvalue weighted by Crippen LogP contribution is 2.47. The van der Waals surface area contributed by atoms with Crippen molar-refractivity contribution in [3.63, 3.8) is 0 Å². The number of benzene rings is 3. The van der Waals surface area contributed by atoms with Crippen molar-refractivity contribution >= 4 is 33.7 Å². The van der Waals surface area contributed by atoms with Crippen LogP contribution in [-0.2, 0) is 0 Å². The van der Waals surface area contributed by atoms with Gasteiger partial charge in [0.2, 0.25) is 0 Å². The zero-order chi connectivity index (χ0) is 15.7. The molecule has 3 aromatic rings. The fraction of sp³-hybridized carbons (Fsp3) is 0. The zero-order valence-corrected chi connectivity index (χ0v) is 12.0. The van der Waals surface area contributed by atoms with Crippen molar-refractivity contribution < 1.29 is 15.3 Å². The van der Waals surface area contributed by atoms with Gasteiger partial charge in [-0.1, -0.05) is 35.9 Å². The molecule has 0 saturated carbocycles. The van der Waals surface area contributed by atoms with Crippen LogP contribution >= 0.6 is 11.6 Å². The van der Waals surface area contributed by atoms with Gasteiger partial charge in [-0.15, -0.1) is 5.11 Å².